The van der Waals surface area contributed by atoms with E-state index < -0.39 is 18.2 Å². The van der Waals surface area contributed by atoms with Crippen molar-refractivity contribution in [3.8, 4) is 11.5 Å². The number of nitrogens with one attached hydrogen (secondary N) is 2. The number of ether oxygens (including phenoxy) is 2. The molecule has 3 aromatic rings. The van der Waals surface area contributed by atoms with E-state index in [-0.39, 0.29) is 5.54 Å². The molecule has 0 bridgehead atoms. The van der Waals surface area contributed by atoms with Crippen LogP contribution in [-0.4, -0.2) is 78.2 Å². The minimum atomic E-state index is -5.08. The number of halogens is 3. The molecule has 4 N–H and O–H groups in total. The van der Waals surface area contributed by atoms with E-state index in [2.05, 4.69) is 27.3 Å². The Bertz CT molecular complexity index is 1220. The van der Waals surface area contributed by atoms with Gasteiger partial charge in [-0.3, -0.25) is 4.90 Å². The fraction of sp³-hybridized carbons (Fsp3) is 0.423. The predicted octanol–water partition coefficient (Wildman–Crippen LogP) is 3.30. The standard InChI is InChI=1S/C24H29N3O3.C2HF3O2/c1-29-19-7-8-22-21(13-19)20-9-11-25-24(23(20)26-22)10-12-27(16-24)14-17(28)15-30-18-5-3-2-4-6-18;3-2(4,5)1(6)7/h2-8,13,17,25-26,28H,9-12,14-16H2,1H3;(H,6,7). The Morgan fingerprint density at radius 2 is 1.92 bits per heavy atom. The molecule has 2 aliphatic heterocycles. The number of aliphatic carboxylic acids is 1. The summed E-state index contributed by atoms with van der Waals surface area (Å²) in [6, 6.07) is 15.9. The highest BCUT2D eigenvalue weighted by atomic mass is 19.4. The van der Waals surface area contributed by atoms with Gasteiger partial charge in [0.25, 0.3) is 0 Å². The lowest BCUT2D eigenvalue weighted by Crippen LogP contribution is -2.50. The number of carbonyl (C=O) groups is 1. The van der Waals surface area contributed by atoms with Crippen molar-refractivity contribution < 1.29 is 37.7 Å². The van der Waals surface area contributed by atoms with Crippen LogP contribution in [0.25, 0.3) is 10.9 Å². The van der Waals surface area contributed by atoms with Crippen molar-refractivity contribution in [2.45, 2.75) is 30.7 Å². The van der Waals surface area contributed by atoms with Crippen LogP contribution >= 0.6 is 0 Å². The van der Waals surface area contributed by atoms with Crippen LogP contribution in [0.1, 0.15) is 17.7 Å². The second kappa shape index (κ2) is 11.0. The zero-order valence-electron chi connectivity index (χ0n) is 20.3. The number of aliphatic hydroxyl groups excluding tert-OH is 1. The van der Waals surface area contributed by atoms with Crippen LogP contribution < -0.4 is 14.8 Å². The van der Waals surface area contributed by atoms with Crippen molar-refractivity contribution in [3.63, 3.8) is 0 Å². The first kappa shape index (κ1) is 26.8. The summed E-state index contributed by atoms with van der Waals surface area (Å²) in [6.45, 7) is 3.71. The van der Waals surface area contributed by atoms with Crippen molar-refractivity contribution in [2.24, 2.45) is 0 Å². The Hall–Kier alpha value is -3.28. The van der Waals surface area contributed by atoms with E-state index in [0.29, 0.717) is 13.2 Å². The van der Waals surface area contributed by atoms with E-state index in [9.17, 15) is 18.3 Å². The third kappa shape index (κ3) is 6.17. The first-order valence-corrected chi connectivity index (χ1v) is 11.9. The third-order valence-corrected chi connectivity index (χ3v) is 6.68. The SMILES string of the molecule is COc1ccc2[nH]c3c(c2c1)CCNC31CCN(CC(O)COc2ccccc2)C1.O=C(O)C(F)(F)F. The Morgan fingerprint density at radius 3 is 2.59 bits per heavy atom. The lowest BCUT2D eigenvalue weighted by molar-refractivity contribution is -0.192. The second-order valence-electron chi connectivity index (χ2n) is 9.21. The number of rotatable bonds is 6. The predicted molar refractivity (Wildman–Crippen MR) is 131 cm³/mol. The quantitative estimate of drug-likeness (QED) is 0.394. The Kier molecular flexibility index (Phi) is 7.96. The van der Waals surface area contributed by atoms with Crippen molar-refractivity contribution >= 4 is 16.9 Å². The molecule has 2 unspecified atom stereocenters. The van der Waals surface area contributed by atoms with E-state index >= 15 is 0 Å². The van der Waals surface area contributed by atoms with Gasteiger partial charge in [0.05, 0.1) is 12.6 Å². The molecule has 0 aliphatic carbocycles. The number of methoxy groups -OCH3 is 1. The number of fused-ring (bicyclic) bond motifs is 4. The summed E-state index contributed by atoms with van der Waals surface area (Å²) in [7, 11) is 1.71. The average molecular weight is 522 g/mol. The molecule has 0 radical (unpaired) electrons. The van der Waals surface area contributed by atoms with Gasteiger partial charge in [-0.15, -0.1) is 0 Å². The second-order valence-corrected chi connectivity index (χ2v) is 9.21. The fourth-order valence-electron chi connectivity index (χ4n) is 4.99. The summed E-state index contributed by atoms with van der Waals surface area (Å²) < 4.78 is 42.9. The number of aromatic amines is 1. The molecule has 0 saturated carbocycles. The van der Waals surface area contributed by atoms with Crippen molar-refractivity contribution in [1.82, 2.24) is 15.2 Å². The molecule has 5 rings (SSSR count). The average Bonchev–Trinajstić information content (AvgIpc) is 3.45. The van der Waals surface area contributed by atoms with Crippen molar-refractivity contribution in [2.75, 3.05) is 39.9 Å². The van der Waals surface area contributed by atoms with E-state index in [4.69, 9.17) is 19.4 Å². The topological polar surface area (TPSA) is 107 Å². The maximum Gasteiger partial charge on any atom is 0.490 e. The number of para-hydroxylation sites is 1. The van der Waals surface area contributed by atoms with Crippen LogP contribution in [0.3, 0.4) is 0 Å². The molecule has 11 heteroatoms. The van der Waals surface area contributed by atoms with Crippen molar-refractivity contribution in [1.29, 1.82) is 0 Å². The lowest BCUT2D eigenvalue weighted by atomic mass is 9.86. The molecule has 37 heavy (non-hydrogen) atoms. The molecule has 2 aliphatic rings. The molecule has 2 atom stereocenters. The number of likely N-dealkylation sites (tertiary alicyclic amines) is 1. The molecule has 200 valence electrons. The maximum absolute atomic E-state index is 10.6. The molecular weight excluding hydrogens is 491 g/mol. The van der Waals surface area contributed by atoms with Gasteiger partial charge in [-0.25, -0.2) is 4.79 Å². The monoisotopic (exact) mass is 521 g/mol. The number of β-amino-alcohol motifs (C(OH)–C–C–N with tert-alkyl or cyclic N) is 1. The molecule has 3 heterocycles. The minimum absolute atomic E-state index is 0.0835. The summed E-state index contributed by atoms with van der Waals surface area (Å²) in [4.78, 5) is 14.9. The number of hydrogen-bond acceptors (Lipinski definition) is 6. The molecule has 1 aromatic heterocycles. The van der Waals surface area contributed by atoms with Crippen LogP contribution in [-0.2, 0) is 16.8 Å². The maximum atomic E-state index is 10.6. The number of alkyl halides is 3. The number of H-pyrrole nitrogens is 1. The highest BCUT2D eigenvalue weighted by Gasteiger charge is 2.44. The Morgan fingerprint density at radius 1 is 1.19 bits per heavy atom. The van der Waals surface area contributed by atoms with Gasteiger partial charge in [-0.05, 0) is 48.7 Å². The van der Waals surface area contributed by atoms with Crippen LogP contribution in [0.15, 0.2) is 48.5 Å². The van der Waals surface area contributed by atoms with Crippen LogP contribution in [0.4, 0.5) is 13.2 Å². The van der Waals surface area contributed by atoms with Gasteiger partial charge < -0.3 is 30.0 Å². The molecule has 8 nitrogen and oxygen atoms in total. The summed E-state index contributed by atoms with van der Waals surface area (Å²) in [5.41, 5.74) is 3.78. The smallest absolute Gasteiger partial charge is 0.490 e. The molecule has 0 amide bonds. The Balaban J connectivity index is 0.000000405. The zero-order chi connectivity index (χ0) is 26.6. The first-order valence-electron chi connectivity index (χ1n) is 11.9. The van der Waals surface area contributed by atoms with E-state index in [1.807, 2.05) is 36.4 Å². The number of carboxylic acid groups (broad SMARTS) is 1. The first-order chi connectivity index (χ1) is 17.6. The van der Waals surface area contributed by atoms with Crippen LogP contribution in [0.2, 0.25) is 0 Å². The molecule has 2 aromatic carbocycles. The number of aliphatic hydroxyl groups is 1. The largest absolute Gasteiger partial charge is 0.497 e. The highest BCUT2D eigenvalue weighted by molar-refractivity contribution is 5.87. The van der Waals surface area contributed by atoms with Crippen LogP contribution in [0, 0.1) is 0 Å². The number of hydrogen-bond donors (Lipinski definition) is 4. The molecule has 1 spiro atoms. The minimum Gasteiger partial charge on any atom is -0.497 e. The van der Waals surface area contributed by atoms with Gasteiger partial charge in [-0.1, -0.05) is 18.2 Å². The van der Waals surface area contributed by atoms with E-state index in [1.54, 1.807) is 7.11 Å². The van der Waals surface area contributed by atoms with Gasteiger partial charge >= 0.3 is 12.1 Å². The number of aromatic nitrogens is 1. The third-order valence-electron chi connectivity index (χ3n) is 6.68. The summed E-state index contributed by atoms with van der Waals surface area (Å²) in [5, 5.41) is 22.7. The molecule has 1 saturated heterocycles. The van der Waals surface area contributed by atoms with Crippen molar-refractivity contribution in [3.05, 3.63) is 59.8 Å². The highest BCUT2D eigenvalue weighted by Crippen LogP contribution is 2.40. The normalized spacial score (nSPS) is 20.2. The van der Waals surface area contributed by atoms with E-state index in [1.165, 1.54) is 22.2 Å². The zero-order valence-corrected chi connectivity index (χ0v) is 20.3. The van der Waals surface area contributed by atoms with Gasteiger partial charge in [0.15, 0.2) is 0 Å². The lowest BCUT2D eigenvalue weighted by Gasteiger charge is -2.35. The summed E-state index contributed by atoms with van der Waals surface area (Å²) in [6.07, 6.45) is -3.57. The Labute approximate surface area is 212 Å². The number of nitrogens with zero attached hydrogens (tertiary/aromatic N) is 1. The van der Waals surface area contributed by atoms with Gasteiger partial charge in [0.1, 0.15) is 24.2 Å². The number of benzene rings is 2. The van der Waals surface area contributed by atoms with Gasteiger partial charge in [0.2, 0.25) is 0 Å². The van der Waals surface area contributed by atoms with E-state index in [0.717, 1.165) is 44.0 Å². The fourth-order valence-corrected chi connectivity index (χ4v) is 4.99. The van der Waals surface area contributed by atoms with Gasteiger partial charge in [-0.2, -0.15) is 13.2 Å². The van der Waals surface area contributed by atoms with Crippen LogP contribution in [0.5, 0.6) is 11.5 Å². The summed E-state index contributed by atoms with van der Waals surface area (Å²) in [5.74, 6) is -1.07. The number of carboxylic acids is 1. The van der Waals surface area contributed by atoms with Gasteiger partial charge in [0, 0.05) is 42.8 Å². The molecule has 1 fully saturated rings. The summed E-state index contributed by atoms with van der Waals surface area (Å²) >= 11 is 0. The molecular formula is C26H30F3N3O5.